The molecule has 0 aliphatic carbocycles. The number of aromatic nitrogens is 2. The molecule has 1 aromatic carbocycles. The van der Waals surface area contributed by atoms with Crippen molar-refractivity contribution in [3.8, 4) is 5.75 Å². The summed E-state index contributed by atoms with van der Waals surface area (Å²) >= 11 is 5.33. The second-order valence-corrected chi connectivity index (χ2v) is 5.21. The maximum atomic E-state index is 11.4. The molecule has 108 valence electrons. The minimum absolute atomic E-state index is 0.00386. The van der Waals surface area contributed by atoms with E-state index >= 15 is 0 Å². The van der Waals surface area contributed by atoms with Crippen LogP contribution < -0.4 is 10.1 Å². The van der Waals surface area contributed by atoms with E-state index in [0.29, 0.717) is 17.7 Å². The van der Waals surface area contributed by atoms with Crippen molar-refractivity contribution in [3.63, 3.8) is 0 Å². The van der Waals surface area contributed by atoms with Gasteiger partial charge in [0, 0.05) is 20.0 Å². The molecule has 0 saturated heterocycles. The van der Waals surface area contributed by atoms with E-state index in [1.807, 2.05) is 36.6 Å². The zero-order valence-corrected chi connectivity index (χ0v) is 12.7. The lowest BCUT2D eigenvalue weighted by atomic mass is 10.3. The fraction of sp³-hybridized carbons (Fsp3) is 0.429. The highest BCUT2D eigenvalue weighted by molar-refractivity contribution is 7.71. The number of ether oxygens (including phenoxy) is 1. The predicted molar refractivity (Wildman–Crippen MR) is 81.6 cm³/mol. The van der Waals surface area contributed by atoms with Gasteiger partial charge in [-0.2, -0.15) is 0 Å². The largest absolute Gasteiger partial charge is 0.489 e. The number of carbonyl (C=O) groups is 1. The maximum Gasteiger partial charge on any atom is 0.221 e. The molecule has 1 heterocycles. The standard InChI is InChI=1S/C14H19N3O2S/c1-9(2)19-11-6-4-5-10-13(11)16-14(20)17(10)8-7-12(18)15-3/h4-6,9H,7-8H2,1-3H3,(H,15,18)(H,16,20). The van der Waals surface area contributed by atoms with Crippen LogP contribution in [0.25, 0.3) is 11.0 Å². The second-order valence-electron chi connectivity index (χ2n) is 4.82. The molecule has 0 radical (unpaired) electrons. The number of carbonyl (C=O) groups excluding carboxylic acids is 1. The van der Waals surface area contributed by atoms with Crippen LogP contribution in [0, 0.1) is 4.77 Å². The van der Waals surface area contributed by atoms with Crippen LogP contribution >= 0.6 is 12.2 Å². The Labute approximate surface area is 122 Å². The van der Waals surface area contributed by atoms with Gasteiger partial charge >= 0.3 is 0 Å². The molecule has 2 aromatic rings. The number of nitrogens with zero attached hydrogens (tertiary/aromatic N) is 1. The molecule has 0 saturated carbocycles. The molecule has 0 bridgehead atoms. The number of aromatic amines is 1. The van der Waals surface area contributed by atoms with E-state index in [1.54, 1.807) is 7.05 Å². The summed E-state index contributed by atoms with van der Waals surface area (Å²) in [6, 6.07) is 5.81. The van der Waals surface area contributed by atoms with E-state index in [1.165, 1.54) is 0 Å². The number of fused-ring (bicyclic) bond motifs is 1. The molecule has 0 spiro atoms. The highest BCUT2D eigenvalue weighted by atomic mass is 32.1. The fourth-order valence-corrected chi connectivity index (χ4v) is 2.36. The van der Waals surface area contributed by atoms with E-state index in [4.69, 9.17) is 17.0 Å². The monoisotopic (exact) mass is 293 g/mol. The Morgan fingerprint density at radius 1 is 1.50 bits per heavy atom. The molecule has 0 unspecified atom stereocenters. The average Bonchev–Trinajstić information content (AvgIpc) is 2.72. The SMILES string of the molecule is CNC(=O)CCn1c(=S)[nH]c2c(OC(C)C)cccc21. The van der Waals surface area contributed by atoms with Gasteiger partial charge in [0.05, 0.1) is 11.6 Å². The Bertz CT molecular complexity index is 673. The van der Waals surface area contributed by atoms with Crippen molar-refractivity contribution < 1.29 is 9.53 Å². The number of amides is 1. The summed E-state index contributed by atoms with van der Waals surface area (Å²) in [7, 11) is 1.63. The first-order valence-corrected chi connectivity index (χ1v) is 7.02. The Morgan fingerprint density at radius 3 is 2.90 bits per heavy atom. The van der Waals surface area contributed by atoms with Gasteiger partial charge in [-0.1, -0.05) is 6.07 Å². The number of benzene rings is 1. The normalized spacial score (nSPS) is 11.0. The van der Waals surface area contributed by atoms with Crippen molar-refractivity contribution in [1.29, 1.82) is 0 Å². The van der Waals surface area contributed by atoms with Gasteiger partial charge in [-0.3, -0.25) is 4.79 Å². The summed E-state index contributed by atoms with van der Waals surface area (Å²) in [5, 5.41) is 2.61. The van der Waals surface area contributed by atoms with Gasteiger partial charge in [-0.25, -0.2) is 0 Å². The maximum absolute atomic E-state index is 11.4. The number of para-hydroxylation sites is 1. The number of imidazole rings is 1. The zero-order valence-electron chi connectivity index (χ0n) is 11.9. The van der Waals surface area contributed by atoms with Crippen LogP contribution in [0.5, 0.6) is 5.75 Å². The van der Waals surface area contributed by atoms with Crippen LogP contribution in [0.1, 0.15) is 20.3 Å². The summed E-state index contributed by atoms with van der Waals surface area (Å²) in [6.07, 6.45) is 0.490. The first-order chi connectivity index (χ1) is 9.52. The third-order valence-corrected chi connectivity index (χ3v) is 3.30. The lowest BCUT2D eigenvalue weighted by Gasteiger charge is -2.10. The van der Waals surface area contributed by atoms with E-state index in [9.17, 15) is 4.79 Å². The molecule has 2 N–H and O–H groups in total. The highest BCUT2D eigenvalue weighted by Gasteiger charge is 2.11. The number of H-pyrrole nitrogens is 1. The first kappa shape index (κ1) is 14.6. The molecule has 0 atom stereocenters. The summed E-state index contributed by atoms with van der Waals surface area (Å²) < 4.78 is 8.30. The molecule has 1 aromatic heterocycles. The van der Waals surface area contributed by atoms with Crippen molar-refractivity contribution in [2.24, 2.45) is 0 Å². The molecular weight excluding hydrogens is 274 g/mol. The van der Waals surface area contributed by atoms with Gasteiger partial charge in [-0.15, -0.1) is 0 Å². The molecule has 0 aliphatic heterocycles. The lowest BCUT2D eigenvalue weighted by molar-refractivity contribution is -0.120. The second kappa shape index (κ2) is 6.09. The zero-order chi connectivity index (χ0) is 14.7. The number of hydrogen-bond acceptors (Lipinski definition) is 3. The summed E-state index contributed by atoms with van der Waals surface area (Å²) in [5.41, 5.74) is 1.83. The third kappa shape index (κ3) is 3.01. The van der Waals surface area contributed by atoms with E-state index in [0.717, 1.165) is 16.8 Å². The van der Waals surface area contributed by atoms with E-state index < -0.39 is 0 Å². The molecule has 1 amide bonds. The van der Waals surface area contributed by atoms with Gasteiger partial charge in [0.2, 0.25) is 5.91 Å². The minimum atomic E-state index is -0.00386. The van der Waals surface area contributed by atoms with E-state index in [-0.39, 0.29) is 12.0 Å². The minimum Gasteiger partial charge on any atom is -0.489 e. The number of aryl methyl sites for hydroxylation is 1. The van der Waals surface area contributed by atoms with Crippen LogP contribution in [0.2, 0.25) is 0 Å². The number of nitrogens with one attached hydrogen (secondary N) is 2. The molecule has 20 heavy (non-hydrogen) atoms. The first-order valence-electron chi connectivity index (χ1n) is 6.61. The Balaban J connectivity index is 2.39. The molecule has 2 rings (SSSR count). The number of rotatable bonds is 5. The average molecular weight is 293 g/mol. The summed E-state index contributed by atoms with van der Waals surface area (Å²) in [6.45, 7) is 4.51. The van der Waals surface area contributed by atoms with Gasteiger partial charge < -0.3 is 19.6 Å². The topological polar surface area (TPSA) is 59.0 Å². The fourth-order valence-electron chi connectivity index (χ4n) is 2.07. The van der Waals surface area contributed by atoms with Crippen LogP contribution in [0.4, 0.5) is 0 Å². The molecule has 6 heteroatoms. The van der Waals surface area contributed by atoms with Gasteiger partial charge in [0.25, 0.3) is 0 Å². The Kier molecular flexibility index (Phi) is 4.44. The Morgan fingerprint density at radius 2 is 2.25 bits per heavy atom. The quantitative estimate of drug-likeness (QED) is 0.833. The van der Waals surface area contributed by atoms with Gasteiger partial charge in [0.15, 0.2) is 4.77 Å². The van der Waals surface area contributed by atoms with Gasteiger partial charge in [0.1, 0.15) is 11.3 Å². The predicted octanol–water partition coefficient (Wildman–Crippen LogP) is 2.62. The van der Waals surface area contributed by atoms with Crippen molar-refractivity contribution >= 4 is 29.2 Å². The molecule has 0 fully saturated rings. The van der Waals surface area contributed by atoms with Crippen molar-refractivity contribution in [3.05, 3.63) is 23.0 Å². The van der Waals surface area contributed by atoms with Gasteiger partial charge in [-0.05, 0) is 38.2 Å². The van der Waals surface area contributed by atoms with E-state index in [2.05, 4.69) is 10.3 Å². The van der Waals surface area contributed by atoms with Crippen LogP contribution in [-0.4, -0.2) is 28.6 Å². The Hall–Kier alpha value is -1.82. The van der Waals surface area contributed by atoms with Crippen molar-refractivity contribution in [1.82, 2.24) is 14.9 Å². The lowest BCUT2D eigenvalue weighted by Crippen LogP contribution is -2.19. The van der Waals surface area contributed by atoms with Crippen LogP contribution in [-0.2, 0) is 11.3 Å². The van der Waals surface area contributed by atoms with Crippen LogP contribution in [0.15, 0.2) is 18.2 Å². The molecule has 5 nitrogen and oxygen atoms in total. The van der Waals surface area contributed by atoms with Crippen molar-refractivity contribution in [2.75, 3.05) is 7.05 Å². The summed E-state index contributed by atoms with van der Waals surface area (Å²) in [4.78, 5) is 14.5. The third-order valence-electron chi connectivity index (χ3n) is 2.98. The smallest absolute Gasteiger partial charge is 0.221 e. The van der Waals surface area contributed by atoms with Crippen LogP contribution in [0.3, 0.4) is 0 Å². The molecular formula is C14H19N3O2S. The summed E-state index contributed by atoms with van der Waals surface area (Å²) in [5.74, 6) is 0.776. The molecule has 0 aliphatic rings. The highest BCUT2D eigenvalue weighted by Crippen LogP contribution is 2.26. The number of hydrogen-bond donors (Lipinski definition) is 2. The van der Waals surface area contributed by atoms with Crippen molar-refractivity contribution in [2.45, 2.75) is 32.9 Å².